The van der Waals surface area contributed by atoms with Crippen LogP contribution in [0, 0.1) is 0 Å². The van der Waals surface area contributed by atoms with Gasteiger partial charge in [-0.3, -0.25) is 4.79 Å². The number of carbonyl (C=O) groups is 1. The van der Waals surface area contributed by atoms with E-state index in [1.807, 2.05) is 13.8 Å². The van der Waals surface area contributed by atoms with E-state index < -0.39 is 9.84 Å². The van der Waals surface area contributed by atoms with Crippen LogP contribution in [0.5, 0.6) is 0 Å². The van der Waals surface area contributed by atoms with Gasteiger partial charge in [-0.15, -0.1) is 0 Å². The van der Waals surface area contributed by atoms with Crippen LogP contribution in [0.2, 0.25) is 0 Å². The first-order valence-electron chi connectivity index (χ1n) is 6.85. The van der Waals surface area contributed by atoms with Crippen molar-refractivity contribution in [3.05, 3.63) is 18.0 Å². The van der Waals surface area contributed by atoms with Gasteiger partial charge in [0.25, 0.3) is 5.91 Å². The molecule has 0 spiro atoms. The summed E-state index contributed by atoms with van der Waals surface area (Å²) in [5, 5.41) is 2.76. The van der Waals surface area contributed by atoms with E-state index >= 15 is 0 Å². The second kappa shape index (κ2) is 5.97. The molecule has 1 aliphatic heterocycles. The second-order valence-corrected chi connectivity index (χ2v) is 7.77. The van der Waals surface area contributed by atoms with E-state index in [0.717, 1.165) is 0 Å². The fourth-order valence-electron chi connectivity index (χ4n) is 2.23. The lowest BCUT2D eigenvalue weighted by molar-refractivity contribution is 0.0938. The maximum atomic E-state index is 11.9. The first-order valence-corrected chi connectivity index (χ1v) is 8.68. The first-order chi connectivity index (χ1) is 9.78. The molecule has 0 bridgehead atoms. The van der Waals surface area contributed by atoms with Crippen LogP contribution in [0.15, 0.2) is 12.3 Å². The summed E-state index contributed by atoms with van der Waals surface area (Å²) in [5.41, 5.74) is 0.279. The predicted molar refractivity (Wildman–Crippen MR) is 80.1 cm³/mol. The standard InChI is InChI=1S/C13H20N4O3S/c1-9(2)15-12(18)11-4-6-14-13(16-11)17(3)10-5-7-21(19,20)8-10/h4,6,9-10H,5,7-8H2,1-3H3,(H,15,18). The van der Waals surface area contributed by atoms with Crippen LogP contribution in [0.4, 0.5) is 5.95 Å². The van der Waals surface area contributed by atoms with E-state index in [-0.39, 0.29) is 35.2 Å². The Balaban J connectivity index is 2.15. The first kappa shape index (κ1) is 15.7. The summed E-state index contributed by atoms with van der Waals surface area (Å²) in [6, 6.07) is 1.42. The number of carbonyl (C=O) groups excluding carboxylic acids is 1. The number of hydrogen-bond donors (Lipinski definition) is 1. The van der Waals surface area contributed by atoms with E-state index in [0.29, 0.717) is 12.4 Å². The normalized spacial score (nSPS) is 20.5. The monoisotopic (exact) mass is 312 g/mol. The van der Waals surface area contributed by atoms with E-state index in [9.17, 15) is 13.2 Å². The molecule has 1 saturated heterocycles. The predicted octanol–water partition coefficient (Wildman–Crippen LogP) is 0.238. The number of sulfone groups is 1. The largest absolute Gasteiger partial charge is 0.349 e. The number of hydrogen-bond acceptors (Lipinski definition) is 6. The molecule has 1 unspecified atom stereocenters. The van der Waals surface area contributed by atoms with E-state index in [4.69, 9.17) is 0 Å². The smallest absolute Gasteiger partial charge is 0.270 e. The van der Waals surface area contributed by atoms with Crippen molar-refractivity contribution in [2.75, 3.05) is 23.5 Å². The Bertz CT molecular complexity index is 630. The average Bonchev–Trinajstić information content (AvgIpc) is 2.77. The molecule has 21 heavy (non-hydrogen) atoms. The number of aromatic nitrogens is 2. The summed E-state index contributed by atoms with van der Waals surface area (Å²) in [6.07, 6.45) is 2.07. The minimum atomic E-state index is -2.97. The Morgan fingerprint density at radius 3 is 2.76 bits per heavy atom. The van der Waals surface area contributed by atoms with Crippen LogP contribution in [0.1, 0.15) is 30.8 Å². The van der Waals surface area contributed by atoms with Crippen LogP contribution < -0.4 is 10.2 Å². The van der Waals surface area contributed by atoms with Crippen molar-refractivity contribution in [2.45, 2.75) is 32.4 Å². The SMILES string of the molecule is CC(C)NC(=O)c1ccnc(N(C)C2CCS(=O)(=O)C2)n1. The molecule has 1 atom stereocenters. The molecule has 7 nitrogen and oxygen atoms in total. The molecule has 1 aromatic heterocycles. The fraction of sp³-hybridized carbons (Fsp3) is 0.615. The lowest BCUT2D eigenvalue weighted by Crippen LogP contribution is -2.35. The molecular formula is C13H20N4O3S. The van der Waals surface area contributed by atoms with Gasteiger partial charge >= 0.3 is 0 Å². The number of nitrogens with zero attached hydrogens (tertiary/aromatic N) is 3. The summed E-state index contributed by atoms with van der Waals surface area (Å²) in [5.74, 6) is 0.403. The number of amides is 1. The highest BCUT2D eigenvalue weighted by Gasteiger charge is 2.31. The average molecular weight is 312 g/mol. The zero-order chi connectivity index (χ0) is 15.6. The minimum absolute atomic E-state index is 0.0219. The maximum Gasteiger partial charge on any atom is 0.270 e. The molecule has 0 saturated carbocycles. The van der Waals surface area contributed by atoms with Crippen molar-refractivity contribution in [3.63, 3.8) is 0 Å². The van der Waals surface area contributed by atoms with Crippen LogP contribution >= 0.6 is 0 Å². The molecule has 0 radical (unpaired) electrons. The number of rotatable bonds is 4. The van der Waals surface area contributed by atoms with Crippen molar-refractivity contribution >= 4 is 21.7 Å². The van der Waals surface area contributed by atoms with Gasteiger partial charge in [0.15, 0.2) is 9.84 Å². The topological polar surface area (TPSA) is 92.3 Å². The van der Waals surface area contributed by atoms with Crippen molar-refractivity contribution in [3.8, 4) is 0 Å². The van der Waals surface area contributed by atoms with Crippen LogP contribution in [-0.4, -0.2) is 54.9 Å². The molecule has 1 aromatic rings. The zero-order valence-electron chi connectivity index (χ0n) is 12.4. The zero-order valence-corrected chi connectivity index (χ0v) is 13.2. The molecule has 2 rings (SSSR count). The summed E-state index contributed by atoms with van der Waals surface area (Å²) in [4.78, 5) is 22.0. The quantitative estimate of drug-likeness (QED) is 0.856. The summed E-state index contributed by atoms with van der Waals surface area (Å²) in [6.45, 7) is 3.74. The van der Waals surface area contributed by atoms with Gasteiger partial charge in [-0.05, 0) is 26.3 Å². The molecular weight excluding hydrogens is 292 g/mol. The number of anilines is 1. The van der Waals surface area contributed by atoms with Crippen molar-refractivity contribution in [1.29, 1.82) is 0 Å². The Morgan fingerprint density at radius 1 is 1.48 bits per heavy atom. The minimum Gasteiger partial charge on any atom is -0.349 e. The van der Waals surface area contributed by atoms with Crippen molar-refractivity contribution in [1.82, 2.24) is 15.3 Å². The molecule has 2 heterocycles. The molecule has 116 valence electrons. The fourth-order valence-corrected chi connectivity index (χ4v) is 4.00. The lowest BCUT2D eigenvalue weighted by Gasteiger charge is -2.23. The van der Waals surface area contributed by atoms with Crippen molar-refractivity contribution < 1.29 is 13.2 Å². The van der Waals surface area contributed by atoms with Gasteiger partial charge in [-0.25, -0.2) is 18.4 Å². The third kappa shape index (κ3) is 3.90. The van der Waals surface area contributed by atoms with Gasteiger partial charge in [-0.1, -0.05) is 0 Å². The molecule has 0 aromatic carbocycles. The Morgan fingerprint density at radius 2 is 2.19 bits per heavy atom. The lowest BCUT2D eigenvalue weighted by atomic mass is 10.2. The maximum absolute atomic E-state index is 11.9. The van der Waals surface area contributed by atoms with E-state index in [1.54, 1.807) is 18.0 Å². The van der Waals surface area contributed by atoms with Gasteiger partial charge in [0.2, 0.25) is 5.95 Å². The van der Waals surface area contributed by atoms with Gasteiger partial charge in [0.1, 0.15) is 5.69 Å². The molecule has 1 N–H and O–H groups in total. The Labute approximate surface area is 124 Å². The van der Waals surface area contributed by atoms with Gasteiger partial charge in [0, 0.05) is 25.3 Å². The highest BCUT2D eigenvalue weighted by molar-refractivity contribution is 7.91. The third-order valence-corrected chi connectivity index (χ3v) is 5.12. The summed E-state index contributed by atoms with van der Waals surface area (Å²) < 4.78 is 23.1. The van der Waals surface area contributed by atoms with Gasteiger partial charge in [0.05, 0.1) is 11.5 Å². The summed E-state index contributed by atoms with van der Waals surface area (Å²) in [7, 11) is -1.21. The molecule has 1 aliphatic rings. The van der Waals surface area contributed by atoms with E-state index in [1.165, 1.54) is 6.20 Å². The molecule has 1 fully saturated rings. The van der Waals surface area contributed by atoms with Crippen LogP contribution in [-0.2, 0) is 9.84 Å². The third-order valence-electron chi connectivity index (χ3n) is 3.37. The van der Waals surface area contributed by atoms with Crippen molar-refractivity contribution in [2.24, 2.45) is 0 Å². The molecule has 0 aliphatic carbocycles. The Kier molecular flexibility index (Phi) is 4.46. The second-order valence-electron chi connectivity index (χ2n) is 5.54. The van der Waals surface area contributed by atoms with Gasteiger partial charge in [-0.2, -0.15) is 0 Å². The highest BCUT2D eigenvalue weighted by Crippen LogP contribution is 2.20. The Hall–Kier alpha value is -1.70. The molecule has 8 heteroatoms. The van der Waals surface area contributed by atoms with Crippen LogP contribution in [0.3, 0.4) is 0 Å². The van der Waals surface area contributed by atoms with Crippen LogP contribution in [0.25, 0.3) is 0 Å². The summed E-state index contributed by atoms with van der Waals surface area (Å²) >= 11 is 0. The van der Waals surface area contributed by atoms with Gasteiger partial charge < -0.3 is 10.2 Å². The highest BCUT2D eigenvalue weighted by atomic mass is 32.2. The molecule has 1 amide bonds. The number of nitrogens with one attached hydrogen (secondary N) is 1. The van der Waals surface area contributed by atoms with E-state index in [2.05, 4.69) is 15.3 Å².